The van der Waals surface area contributed by atoms with Gasteiger partial charge in [-0.15, -0.1) is 11.8 Å². The van der Waals surface area contributed by atoms with Crippen molar-refractivity contribution in [3.8, 4) is 11.1 Å². The van der Waals surface area contributed by atoms with Gasteiger partial charge in [0.15, 0.2) is 0 Å². The summed E-state index contributed by atoms with van der Waals surface area (Å²) in [5.41, 5.74) is 5.31. The minimum absolute atomic E-state index is 0.0445. The fraction of sp³-hybridized carbons (Fsp3) is 0.200. The Balaban J connectivity index is 1.47. The minimum atomic E-state index is -0.988. The van der Waals surface area contributed by atoms with E-state index in [0.717, 1.165) is 32.7 Å². The second-order valence-corrected chi connectivity index (χ2v) is 8.27. The standard InChI is InChI=1S/C25H23NO4S/c1-31-17-12-10-16(11-13-17)23(14-24(27)28)26-25(29)30-15-22-20-8-4-2-6-18(20)19-7-3-5-9-21(19)22/h2-13,22-23H,14-15H2,1H3,(H,26,29)(H,27,28)/t23-/m0/s1. The number of aliphatic carboxylic acids is 1. The van der Waals surface area contributed by atoms with Gasteiger partial charge in [-0.1, -0.05) is 60.7 Å². The molecule has 158 valence electrons. The van der Waals surface area contributed by atoms with Crippen LogP contribution in [-0.2, 0) is 9.53 Å². The molecule has 4 rings (SSSR count). The molecular weight excluding hydrogens is 410 g/mol. The molecule has 1 amide bonds. The lowest BCUT2D eigenvalue weighted by Crippen LogP contribution is -2.31. The number of fused-ring (bicyclic) bond motifs is 3. The summed E-state index contributed by atoms with van der Waals surface area (Å²) in [5.74, 6) is -1.03. The smallest absolute Gasteiger partial charge is 0.407 e. The normalized spacial score (nSPS) is 13.2. The molecular formula is C25H23NO4S. The molecule has 5 nitrogen and oxygen atoms in total. The summed E-state index contributed by atoms with van der Waals surface area (Å²) in [5, 5.41) is 12.0. The molecule has 0 bridgehead atoms. The van der Waals surface area contributed by atoms with Gasteiger partial charge in [-0.25, -0.2) is 4.79 Å². The van der Waals surface area contributed by atoms with Gasteiger partial charge in [-0.3, -0.25) is 4.79 Å². The lowest BCUT2D eigenvalue weighted by molar-refractivity contribution is -0.137. The zero-order valence-corrected chi connectivity index (χ0v) is 17.9. The first kappa shape index (κ1) is 21.0. The highest BCUT2D eigenvalue weighted by atomic mass is 32.2. The van der Waals surface area contributed by atoms with Crippen molar-refractivity contribution in [2.24, 2.45) is 0 Å². The number of carboxylic acids is 1. The Bertz CT molecular complexity index is 1050. The van der Waals surface area contributed by atoms with E-state index in [0.29, 0.717) is 0 Å². The Hall–Kier alpha value is -3.25. The molecule has 0 fully saturated rings. The Morgan fingerprint density at radius 2 is 1.55 bits per heavy atom. The van der Waals surface area contributed by atoms with Crippen molar-refractivity contribution in [1.82, 2.24) is 5.32 Å². The second-order valence-electron chi connectivity index (χ2n) is 7.39. The number of hydrogen-bond acceptors (Lipinski definition) is 4. The molecule has 2 N–H and O–H groups in total. The number of benzene rings is 3. The third-order valence-electron chi connectivity index (χ3n) is 5.53. The van der Waals surface area contributed by atoms with Crippen molar-refractivity contribution in [3.63, 3.8) is 0 Å². The zero-order valence-electron chi connectivity index (χ0n) is 17.1. The Kier molecular flexibility index (Phi) is 6.28. The average Bonchev–Trinajstić information content (AvgIpc) is 3.11. The molecule has 1 aliphatic rings. The highest BCUT2D eigenvalue weighted by Crippen LogP contribution is 2.44. The SMILES string of the molecule is CSc1ccc([C@H](CC(=O)O)NC(=O)OCC2c3ccccc3-c3ccccc32)cc1. The predicted molar refractivity (Wildman–Crippen MR) is 121 cm³/mol. The number of carboxylic acid groups (broad SMARTS) is 1. The first-order valence-corrected chi connectivity index (χ1v) is 11.3. The van der Waals surface area contributed by atoms with E-state index >= 15 is 0 Å². The number of nitrogens with one attached hydrogen (secondary N) is 1. The summed E-state index contributed by atoms with van der Waals surface area (Å²) in [7, 11) is 0. The first-order valence-electron chi connectivity index (χ1n) is 10.0. The third kappa shape index (κ3) is 4.59. The molecule has 0 radical (unpaired) electrons. The number of carbonyl (C=O) groups excluding carboxylic acids is 1. The van der Waals surface area contributed by atoms with Crippen LogP contribution in [0.25, 0.3) is 11.1 Å². The third-order valence-corrected chi connectivity index (χ3v) is 6.28. The summed E-state index contributed by atoms with van der Waals surface area (Å²) >= 11 is 1.60. The van der Waals surface area contributed by atoms with Crippen molar-refractivity contribution >= 4 is 23.8 Å². The van der Waals surface area contributed by atoms with Crippen LogP contribution in [-0.4, -0.2) is 30.0 Å². The van der Waals surface area contributed by atoms with Gasteiger partial charge in [-0.2, -0.15) is 0 Å². The molecule has 0 aliphatic heterocycles. The molecule has 0 saturated carbocycles. The maximum atomic E-state index is 12.6. The fourth-order valence-electron chi connectivity index (χ4n) is 4.05. The van der Waals surface area contributed by atoms with E-state index in [1.54, 1.807) is 11.8 Å². The first-order chi connectivity index (χ1) is 15.1. The monoisotopic (exact) mass is 433 g/mol. The molecule has 0 saturated heterocycles. The van der Waals surface area contributed by atoms with Crippen LogP contribution in [0.5, 0.6) is 0 Å². The van der Waals surface area contributed by atoms with E-state index < -0.39 is 18.1 Å². The summed E-state index contributed by atoms with van der Waals surface area (Å²) in [6.07, 6.45) is 1.13. The molecule has 0 spiro atoms. The van der Waals surface area contributed by atoms with Crippen LogP contribution in [0.1, 0.15) is 35.1 Å². The molecule has 1 aliphatic carbocycles. The van der Waals surface area contributed by atoms with Crippen molar-refractivity contribution in [3.05, 3.63) is 89.5 Å². The minimum Gasteiger partial charge on any atom is -0.481 e. The van der Waals surface area contributed by atoms with Gasteiger partial charge in [0.25, 0.3) is 0 Å². The topological polar surface area (TPSA) is 75.6 Å². The number of ether oxygens (including phenoxy) is 1. The Morgan fingerprint density at radius 3 is 2.10 bits per heavy atom. The van der Waals surface area contributed by atoms with E-state index in [1.165, 1.54) is 0 Å². The molecule has 3 aromatic carbocycles. The lowest BCUT2D eigenvalue weighted by Gasteiger charge is -2.19. The maximum absolute atomic E-state index is 12.6. The number of amides is 1. The number of hydrogen-bond donors (Lipinski definition) is 2. The van der Waals surface area contributed by atoms with Crippen molar-refractivity contribution in [2.75, 3.05) is 12.9 Å². The van der Waals surface area contributed by atoms with Gasteiger partial charge >= 0.3 is 12.1 Å². The lowest BCUT2D eigenvalue weighted by atomic mass is 9.98. The van der Waals surface area contributed by atoms with E-state index in [1.807, 2.05) is 54.8 Å². The molecule has 0 heterocycles. The van der Waals surface area contributed by atoms with Crippen LogP contribution in [0.4, 0.5) is 4.79 Å². The maximum Gasteiger partial charge on any atom is 0.407 e. The van der Waals surface area contributed by atoms with E-state index in [9.17, 15) is 14.7 Å². The van der Waals surface area contributed by atoms with Crippen LogP contribution >= 0.6 is 11.8 Å². The highest BCUT2D eigenvalue weighted by Gasteiger charge is 2.29. The number of alkyl carbamates (subject to hydrolysis) is 1. The van der Waals surface area contributed by atoms with Crippen molar-refractivity contribution < 1.29 is 19.4 Å². The van der Waals surface area contributed by atoms with Crippen LogP contribution in [0, 0.1) is 0 Å². The van der Waals surface area contributed by atoms with Gasteiger partial charge < -0.3 is 15.2 Å². The van der Waals surface area contributed by atoms with Gasteiger partial charge in [-0.05, 0) is 46.2 Å². The van der Waals surface area contributed by atoms with Gasteiger partial charge in [0, 0.05) is 10.8 Å². The van der Waals surface area contributed by atoms with Crippen molar-refractivity contribution in [2.45, 2.75) is 23.3 Å². The zero-order chi connectivity index (χ0) is 21.8. The molecule has 31 heavy (non-hydrogen) atoms. The largest absolute Gasteiger partial charge is 0.481 e. The van der Waals surface area contributed by atoms with Crippen LogP contribution in [0.2, 0.25) is 0 Å². The van der Waals surface area contributed by atoms with Gasteiger partial charge in [0.05, 0.1) is 12.5 Å². The second kappa shape index (κ2) is 9.27. The van der Waals surface area contributed by atoms with E-state index in [4.69, 9.17) is 4.74 Å². The van der Waals surface area contributed by atoms with Crippen LogP contribution < -0.4 is 5.32 Å². The quantitative estimate of drug-likeness (QED) is 0.484. The highest BCUT2D eigenvalue weighted by molar-refractivity contribution is 7.98. The summed E-state index contributed by atoms with van der Waals surface area (Å²) in [4.78, 5) is 25.0. The summed E-state index contributed by atoms with van der Waals surface area (Å²) in [6, 6.07) is 23.1. The molecule has 0 aromatic heterocycles. The molecule has 0 unspecified atom stereocenters. The van der Waals surface area contributed by atoms with E-state index in [2.05, 4.69) is 29.6 Å². The number of carbonyl (C=O) groups is 2. The van der Waals surface area contributed by atoms with Crippen LogP contribution in [0.15, 0.2) is 77.7 Å². The van der Waals surface area contributed by atoms with Crippen LogP contribution in [0.3, 0.4) is 0 Å². The van der Waals surface area contributed by atoms with E-state index in [-0.39, 0.29) is 18.9 Å². The summed E-state index contributed by atoms with van der Waals surface area (Å²) in [6.45, 7) is 0.186. The van der Waals surface area contributed by atoms with Gasteiger partial charge in [0.1, 0.15) is 6.61 Å². The van der Waals surface area contributed by atoms with Gasteiger partial charge in [0.2, 0.25) is 0 Å². The Labute approximate surface area is 185 Å². The number of thioether (sulfide) groups is 1. The fourth-order valence-corrected chi connectivity index (χ4v) is 4.45. The Morgan fingerprint density at radius 1 is 0.968 bits per heavy atom. The molecule has 3 aromatic rings. The average molecular weight is 434 g/mol. The predicted octanol–water partition coefficient (Wildman–Crippen LogP) is 5.46. The molecule has 1 atom stereocenters. The molecule has 6 heteroatoms. The summed E-state index contributed by atoms with van der Waals surface area (Å²) < 4.78 is 5.57. The number of rotatable bonds is 7. The van der Waals surface area contributed by atoms with Crippen molar-refractivity contribution in [1.29, 1.82) is 0 Å².